The third kappa shape index (κ3) is 5.13. The third-order valence-corrected chi connectivity index (χ3v) is 6.80. The second-order valence-corrected chi connectivity index (χ2v) is 11.6. The van der Waals surface area contributed by atoms with Gasteiger partial charge < -0.3 is 10.2 Å². The molecule has 0 saturated carbocycles. The summed E-state index contributed by atoms with van der Waals surface area (Å²) in [5.41, 5.74) is 6.48. The Kier molecular flexibility index (Phi) is 6.94. The standard InChI is InChI=1S/C32H32N2O2.Pt/c1-31(2,3)21-11-15-27(35)23(17-21)25-13-9-19-7-8-20-10-14-26(34-30(20)29(19)33-25)24-18-22(32(4,5)6)12-16-28(24)36;/h7-18,35-36H,1-6H3;. The van der Waals surface area contributed by atoms with Crippen LogP contribution in [0.4, 0.5) is 0 Å². The number of pyridine rings is 2. The molecule has 0 aliphatic rings. The van der Waals surface area contributed by atoms with Crippen molar-refractivity contribution in [3.63, 3.8) is 0 Å². The molecule has 0 fully saturated rings. The summed E-state index contributed by atoms with van der Waals surface area (Å²) in [4.78, 5) is 9.97. The van der Waals surface area contributed by atoms with Crippen LogP contribution in [0.1, 0.15) is 52.7 Å². The zero-order valence-electron chi connectivity index (χ0n) is 22.0. The SMILES string of the molecule is CC(C)(C)c1ccc(O)c(-c2ccc3ccc4ccc(-c5cc(C(C)(C)C)ccc5O)nc4c3n2)c1.[Pt]. The van der Waals surface area contributed by atoms with E-state index in [-0.39, 0.29) is 43.4 Å². The Morgan fingerprint density at radius 3 is 1.22 bits per heavy atom. The summed E-state index contributed by atoms with van der Waals surface area (Å²) < 4.78 is 0. The van der Waals surface area contributed by atoms with Crippen LogP contribution < -0.4 is 0 Å². The normalized spacial score (nSPS) is 12.1. The first-order valence-electron chi connectivity index (χ1n) is 12.3. The van der Waals surface area contributed by atoms with Gasteiger partial charge in [-0.2, -0.15) is 0 Å². The summed E-state index contributed by atoms with van der Waals surface area (Å²) >= 11 is 0. The minimum atomic E-state index is -0.0496. The number of benzene rings is 3. The predicted octanol–water partition coefficient (Wildman–Crippen LogP) is 8.12. The number of phenols is 2. The molecule has 0 aliphatic heterocycles. The van der Waals surface area contributed by atoms with E-state index in [2.05, 4.69) is 41.5 Å². The van der Waals surface area contributed by atoms with Crippen molar-refractivity contribution >= 4 is 21.8 Å². The first-order chi connectivity index (χ1) is 16.9. The van der Waals surface area contributed by atoms with Gasteiger partial charge >= 0.3 is 0 Å². The molecule has 5 rings (SSSR count). The van der Waals surface area contributed by atoms with Crippen molar-refractivity contribution in [2.24, 2.45) is 0 Å². The fourth-order valence-electron chi connectivity index (χ4n) is 4.48. The van der Waals surface area contributed by atoms with E-state index in [0.29, 0.717) is 22.5 Å². The minimum absolute atomic E-state index is 0. The van der Waals surface area contributed by atoms with Crippen molar-refractivity contribution in [3.8, 4) is 34.0 Å². The van der Waals surface area contributed by atoms with Gasteiger partial charge in [0.25, 0.3) is 0 Å². The maximum absolute atomic E-state index is 10.7. The molecule has 2 heterocycles. The van der Waals surface area contributed by atoms with Gasteiger partial charge in [-0.05, 0) is 58.4 Å². The first-order valence-corrected chi connectivity index (χ1v) is 12.3. The van der Waals surface area contributed by atoms with Crippen LogP contribution in [0, 0.1) is 0 Å². The number of phenolic OH excluding ortho intramolecular Hbond substituents is 2. The van der Waals surface area contributed by atoms with Crippen LogP contribution >= 0.6 is 0 Å². The maximum Gasteiger partial charge on any atom is 0.124 e. The van der Waals surface area contributed by atoms with E-state index in [0.717, 1.165) is 32.9 Å². The molecule has 0 aliphatic carbocycles. The molecular weight excluding hydrogens is 639 g/mol. The molecule has 0 atom stereocenters. The van der Waals surface area contributed by atoms with Crippen LogP contribution in [0.5, 0.6) is 11.5 Å². The number of rotatable bonds is 2. The van der Waals surface area contributed by atoms with E-state index in [1.807, 2.05) is 60.7 Å². The molecule has 0 spiro atoms. The molecular formula is C32H32N2O2Pt. The number of nitrogens with zero attached hydrogens (tertiary/aromatic N) is 2. The largest absolute Gasteiger partial charge is 0.507 e. The Balaban J connectivity index is 0.00000320. The predicted molar refractivity (Wildman–Crippen MR) is 149 cm³/mol. The molecule has 37 heavy (non-hydrogen) atoms. The van der Waals surface area contributed by atoms with Crippen molar-refractivity contribution in [3.05, 3.63) is 83.9 Å². The number of aromatic nitrogens is 2. The Labute approximate surface area is 232 Å². The Morgan fingerprint density at radius 1 is 0.514 bits per heavy atom. The smallest absolute Gasteiger partial charge is 0.124 e. The van der Waals surface area contributed by atoms with Gasteiger partial charge in [0.2, 0.25) is 0 Å². The van der Waals surface area contributed by atoms with E-state index in [4.69, 9.17) is 9.97 Å². The summed E-state index contributed by atoms with van der Waals surface area (Å²) in [6.07, 6.45) is 0. The molecule has 2 aromatic heterocycles. The number of hydrogen-bond acceptors (Lipinski definition) is 4. The Morgan fingerprint density at radius 2 is 0.865 bits per heavy atom. The van der Waals surface area contributed by atoms with Gasteiger partial charge in [0.15, 0.2) is 0 Å². The van der Waals surface area contributed by atoms with Gasteiger partial charge in [0.05, 0.1) is 22.4 Å². The Hall–Kier alpha value is -3.23. The summed E-state index contributed by atoms with van der Waals surface area (Å²) in [6, 6.07) is 23.4. The van der Waals surface area contributed by atoms with Crippen molar-refractivity contribution < 1.29 is 31.3 Å². The maximum atomic E-state index is 10.7. The summed E-state index contributed by atoms with van der Waals surface area (Å²) in [5, 5.41) is 23.3. The third-order valence-electron chi connectivity index (χ3n) is 6.80. The topological polar surface area (TPSA) is 66.2 Å². The second kappa shape index (κ2) is 9.58. The molecule has 0 radical (unpaired) electrons. The van der Waals surface area contributed by atoms with Crippen molar-refractivity contribution in [1.82, 2.24) is 9.97 Å². The van der Waals surface area contributed by atoms with Gasteiger partial charge in [-0.25, -0.2) is 9.97 Å². The molecule has 0 amide bonds. The summed E-state index contributed by atoms with van der Waals surface area (Å²) in [7, 11) is 0. The number of hydrogen-bond donors (Lipinski definition) is 2. The van der Waals surface area contributed by atoms with E-state index in [9.17, 15) is 10.2 Å². The van der Waals surface area contributed by atoms with Crippen LogP contribution in [-0.4, -0.2) is 20.2 Å². The van der Waals surface area contributed by atoms with Gasteiger partial charge in [0.1, 0.15) is 11.5 Å². The van der Waals surface area contributed by atoms with Crippen LogP contribution in [0.15, 0.2) is 72.8 Å². The molecule has 3 aromatic carbocycles. The molecule has 192 valence electrons. The van der Waals surface area contributed by atoms with Crippen molar-refractivity contribution in [2.45, 2.75) is 52.4 Å². The summed E-state index contributed by atoms with van der Waals surface area (Å²) in [6.45, 7) is 12.9. The molecule has 5 aromatic rings. The Bertz CT molecular complexity index is 1510. The second-order valence-electron chi connectivity index (χ2n) is 11.6. The summed E-state index contributed by atoms with van der Waals surface area (Å²) in [5.74, 6) is 0.403. The average molecular weight is 672 g/mol. The first kappa shape index (κ1) is 26.8. The zero-order valence-corrected chi connectivity index (χ0v) is 24.3. The molecule has 0 bridgehead atoms. The van der Waals surface area contributed by atoms with Crippen LogP contribution in [0.25, 0.3) is 44.3 Å². The average Bonchev–Trinajstić information content (AvgIpc) is 2.82. The fourth-order valence-corrected chi connectivity index (χ4v) is 4.48. The quantitative estimate of drug-likeness (QED) is 0.186. The number of aromatic hydroxyl groups is 2. The van der Waals surface area contributed by atoms with Gasteiger partial charge in [-0.3, -0.25) is 0 Å². The zero-order chi connectivity index (χ0) is 25.8. The molecule has 4 nitrogen and oxygen atoms in total. The van der Waals surface area contributed by atoms with E-state index in [1.165, 1.54) is 0 Å². The molecule has 0 saturated heterocycles. The van der Waals surface area contributed by atoms with Crippen LogP contribution in [0.2, 0.25) is 0 Å². The van der Waals surface area contributed by atoms with Crippen molar-refractivity contribution in [1.29, 1.82) is 0 Å². The molecule has 0 unspecified atom stereocenters. The van der Waals surface area contributed by atoms with E-state index < -0.39 is 0 Å². The van der Waals surface area contributed by atoms with Gasteiger partial charge in [-0.15, -0.1) is 0 Å². The molecule has 5 heteroatoms. The van der Waals surface area contributed by atoms with E-state index in [1.54, 1.807) is 12.1 Å². The molecule has 2 N–H and O–H groups in total. The van der Waals surface area contributed by atoms with Gasteiger partial charge in [0, 0.05) is 43.0 Å². The van der Waals surface area contributed by atoms with Gasteiger partial charge in [-0.1, -0.05) is 77.9 Å². The van der Waals surface area contributed by atoms with Crippen LogP contribution in [-0.2, 0) is 31.9 Å². The van der Waals surface area contributed by atoms with Crippen LogP contribution in [0.3, 0.4) is 0 Å². The number of fused-ring (bicyclic) bond motifs is 3. The van der Waals surface area contributed by atoms with E-state index >= 15 is 0 Å². The van der Waals surface area contributed by atoms with Crippen molar-refractivity contribution in [2.75, 3.05) is 0 Å². The minimum Gasteiger partial charge on any atom is -0.507 e. The monoisotopic (exact) mass is 671 g/mol. The fraction of sp³-hybridized carbons (Fsp3) is 0.250.